The zero-order chi connectivity index (χ0) is 12.3. The second-order valence-electron chi connectivity index (χ2n) is 4.18. The first-order valence-corrected chi connectivity index (χ1v) is 5.59. The highest BCUT2D eigenvalue weighted by atomic mass is 16.3. The molecule has 0 spiro atoms. The Morgan fingerprint density at radius 1 is 1.24 bits per heavy atom. The van der Waals surface area contributed by atoms with Gasteiger partial charge in [-0.1, -0.05) is 30.3 Å². The molecule has 5 nitrogen and oxygen atoms in total. The summed E-state index contributed by atoms with van der Waals surface area (Å²) in [7, 11) is 0. The molecule has 0 saturated carbocycles. The van der Waals surface area contributed by atoms with Crippen LogP contribution in [-0.2, 0) is 6.54 Å². The van der Waals surface area contributed by atoms with Crippen molar-refractivity contribution in [3.05, 3.63) is 35.9 Å². The summed E-state index contributed by atoms with van der Waals surface area (Å²) in [4.78, 5) is 13.1. The van der Waals surface area contributed by atoms with Crippen molar-refractivity contribution in [1.82, 2.24) is 10.2 Å². The number of aliphatic hydroxyl groups is 2. The average Bonchev–Trinajstić information content (AvgIpc) is 2.68. The number of amides is 2. The summed E-state index contributed by atoms with van der Waals surface area (Å²) in [6.45, 7) is 0.811. The average molecular weight is 236 g/mol. The van der Waals surface area contributed by atoms with Gasteiger partial charge in [-0.15, -0.1) is 0 Å². The molecule has 0 aromatic heterocycles. The van der Waals surface area contributed by atoms with Gasteiger partial charge in [0.2, 0.25) is 0 Å². The zero-order valence-electron chi connectivity index (χ0n) is 9.41. The SMILES string of the molecule is O=C(NCc1ccccc1)N1CC(O)C(O)C1. The van der Waals surface area contributed by atoms with E-state index in [1.807, 2.05) is 30.3 Å². The van der Waals surface area contributed by atoms with Crippen molar-refractivity contribution in [2.24, 2.45) is 0 Å². The number of hydrogen-bond acceptors (Lipinski definition) is 3. The number of carbonyl (C=O) groups is 1. The van der Waals surface area contributed by atoms with Crippen molar-refractivity contribution in [3.63, 3.8) is 0 Å². The molecular formula is C12H16N2O3. The van der Waals surface area contributed by atoms with E-state index in [2.05, 4.69) is 5.32 Å². The molecule has 3 N–H and O–H groups in total. The number of hydrogen-bond donors (Lipinski definition) is 3. The number of urea groups is 1. The number of nitrogens with zero attached hydrogens (tertiary/aromatic N) is 1. The summed E-state index contributed by atoms with van der Waals surface area (Å²) in [5.74, 6) is 0. The van der Waals surface area contributed by atoms with Crippen LogP contribution in [0.4, 0.5) is 4.79 Å². The molecule has 0 aliphatic carbocycles. The van der Waals surface area contributed by atoms with Gasteiger partial charge in [-0.25, -0.2) is 4.79 Å². The van der Waals surface area contributed by atoms with E-state index in [1.54, 1.807) is 0 Å². The molecule has 2 rings (SSSR count). The molecule has 1 fully saturated rings. The molecule has 1 heterocycles. The molecule has 1 aliphatic rings. The summed E-state index contributed by atoms with van der Waals surface area (Å²) >= 11 is 0. The zero-order valence-corrected chi connectivity index (χ0v) is 9.41. The molecule has 1 saturated heterocycles. The van der Waals surface area contributed by atoms with Crippen LogP contribution in [0.15, 0.2) is 30.3 Å². The van der Waals surface area contributed by atoms with Crippen molar-refractivity contribution >= 4 is 6.03 Å². The monoisotopic (exact) mass is 236 g/mol. The Morgan fingerprint density at radius 3 is 2.41 bits per heavy atom. The maximum atomic E-state index is 11.7. The van der Waals surface area contributed by atoms with E-state index in [1.165, 1.54) is 4.90 Å². The highest BCUT2D eigenvalue weighted by molar-refractivity contribution is 5.74. The lowest BCUT2D eigenvalue weighted by Gasteiger charge is -2.16. The first-order chi connectivity index (χ1) is 8.16. The predicted molar refractivity (Wildman–Crippen MR) is 62.3 cm³/mol. The van der Waals surface area contributed by atoms with Crippen molar-refractivity contribution in [1.29, 1.82) is 0 Å². The smallest absolute Gasteiger partial charge is 0.317 e. The fourth-order valence-electron chi connectivity index (χ4n) is 1.82. The summed E-state index contributed by atoms with van der Waals surface area (Å²) in [5.41, 5.74) is 1.01. The van der Waals surface area contributed by atoms with E-state index in [0.29, 0.717) is 6.54 Å². The maximum absolute atomic E-state index is 11.7. The fraction of sp³-hybridized carbons (Fsp3) is 0.417. The van der Waals surface area contributed by atoms with E-state index in [4.69, 9.17) is 0 Å². The fourth-order valence-corrected chi connectivity index (χ4v) is 1.82. The van der Waals surface area contributed by atoms with Gasteiger partial charge in [0.1, 0.15) is 0 Å². The Bertz CT molecular complexity index is 373. The first kappa shape index (κ1) is 11.9. The van der Waals surface area contributed by atoms with Crippen LogP contribution in [0.5, 0.6) is 0 Å². The molecule has 0 bridgehead atoms. The number of aliphatic hydroxyl groups excluding tert-OH is 2. The minimum absolute atomic E-state index is 0.182. The minimum atomic E-state index is -0.836. The normalized spacial score (nSPS) is 23.8. The van der Waals surface area contributed by atoms with Crippen LogP contribution in [0.25, 0.3) is 0 Å². The Balaban J connectivity index is 1.82. The van der Waals surface area contributed by atoms with E-state index in [0.717, 1.165) is 5.56 Å². The molecule has 1 aromatic rings. The molecule has 92 valence electrons. The summed E-state index contributed by atoms with van der Waals surface area (Å²) in [5, 5.41) is 21.4. The highest BCUT2D eigenvalue weighted by Gasteiger charge is 2.32. The van der Waals surface area contributed by atoms with Gasteiger partial charge in [0.05, 0.1) is 25.3 Å². The molecule has 2 amide bonds. The van der Waals surface area contributed by atoms with Gasteiger partial charge in [0.25, 0.3) is 0 Å². The minimum Gasteiger partial charge on any atom is -0.388 e. The van der Waals surface area contributed by atoms with Gasteiger partial charge in [-0.3, -0.25) is 0 Å². The third-order valence-electron chi connectivity index (χ3n) is 2.83. The van der Waals surface area contributed by atoms with Crippen molar-refractivity contribution in [3.8, 4) is 0 Å². The number of β-amino-alcohol motifs (C(OH)–C–C–N with tert-alkyl or cyclic N) is 2. The number of benzene rings is 1. The quantitative estimate of drug-likeness (QED) is 0.673. The Kier molecular flexibility index (Phi) is 3.61. The number of rotatable bonds is 2. The lowest BCUT2D eigenvalue weighted by atomic mass is 10.2. The second-order valence-corrected chi connectivity index (χ2v) is 4.18. The van der Waals surface area contributed by atoms with Crippen molar-refractivity contribution in [2.45, 2.75) is 18.8 Å². The van der Waals surface area contributed by atoms with Gasteiger partial charge in [-0.05, 0) is 5.56 Å². The summed E-state index contributed by atoms with van der Waals surface area (Å²) < 4.78 is 0. The van der Waals surface area contributed by atoms with Crippen molar-refractivity contribution in [2.75, 3.05) is 13.1 Å². The largest absolute Gasteiger partial charge is 0.388 e. The van der Waals surface area contributed by atoms with Crippen molar-refractivity contribution < 1.29 is 15.0 Å². The Morgan fingerprint density at radius 2 is 1.82 bits per heavy atom. The molecule has 1 aliphatic heterocycles. The lowest BCUT2D eigenvalue weighted by Crippen LogP contribution is -2.38. The summed E-state index contributed by atoms with van der Waals surface area (Å²) in [6.07, 6.45) is -1.67. The standard InChI is InChI=1S/C12H16N2O3/c15-10-7-14(8-11(10)16)12(17)13-6-9-4-2-1-3-5-9/h1-5,10-11,15-16H,6-8H2,(H,13,17). The van der Waals surface area contributed by atoms with E-state index < -0.39 is 12.2 Å². The third-order valence-corrected chi connectivity index (χ3v) is 2.83. The predicted octanol–water partition coefficient (Wildman–Crippen LogP) is -0.0664. The molecule has 2 unspecified atom stereocenters. The van der Waals surface area contributed by atoms with E-state index in [9.17, 15) is 15.0 Å². The first-order valence-electron chi connectivity index (χ1n) is 5.59. The van der Waals surface area contributed by atoms with Crippen LogP contribution >= 0.6 is 0 Å². The second kappa shape index (κ2) is 5.16. The van der Waals surface area contributed by atoms with Crippen LogP contribution in [0, 0.1) is 0 Å². The number of carbonyl (C=O) groups excluding carboxylic acids is 1. The number of likely N-dealkylation sites (tertiary alicyclic amines) is 1. The topological polar surface area (TPSA) is 72.8 Å². The van der Waals surface area contributed by atoms with Gasteiger partial charge in [-0.2, -0.15) is 0 Å². The van der Waals surface area contributed by atoms with Crippen LogP contribution in [0.2, 0.25) is 0 Å². The lowest BCUT2D eigenvalue weighted by molar-refractivity contribution is 0.0572. The number of nitrogens with one attached hydrogen (secondary N) is 1. The maximum Gasteiger partial charge on any atom is 0.317 e. The highest BCUT2D eigenvalue weighted by Crippen LogP contribution is 2.10. The molecule has 2 atom stereocenters. The van der Waals surface area contributed by atoms with Gasteiger partial charge in [0.15, 0.2) is 0 Å². The molecular weight excluding hydrogens is 220 g/mol. The van der Waals surface area contributed by atoms with Gasteiger partial charge < -0.3 is 20.4 Å². The molecule has 17 heavy (non-hydrogen) atoms. The van der Waals surface area contributed by atoms with Crippen LogP contribution < -0.4 is 5.32 Å². The molecule has 1 aromatic carbocycles. The van der Waals surface area contributed by atoms with Crippen LogP contribution in [0.1, 0.15) is 5.56 Å². The third kappa shape index (κ3) is 2.95. The summed E-state index contributed by atoms with van der Waals surface area (Å²) in [6, 6.07) is 9.32. The van der Waals surface area contributed by atoms with E-state index >= 15 is 0 Å². The van der Waals surface area contributed by atoms with Gasteiger partial charge in [0, 0.05) is 6.54 Å². The van der Waals surface area contributed by atoms with E-state index in [-0.39, 0.29) is 19.1 Å². The van der Waals surface area contributed by atoms with Gasteiger partial charge >= 0.3 is 6.03 Å². The molecule has 0 radical (unpaired) electrons. The Hall–Kier alpha value is -1.59. The Labute approximate surface area is 99.7 Å². The molecule has 5 heteroatoms. The van der Waals surface area contributed by atoms with Crippen LogP contribution in [0.3, 0.4) is 0 Å². The van der Waals surface area contributed by atoms with Crippen LogP contribution in [-0.4, -0.2) is 46.4 Å².